The lowest BCUT2D eigenvalue weighted by atomic mass is 10.1. The number of aromatic nitrogens is 1. The highest BCUT2D eigenvalue weighted by molar-refractivity contribution is 5.92. The van der Waals surface area contributed by atoms with E-state index in [9.17, 15) is 18.4 Å². The smallest absolute Gasteiger partial charge is 0.352 e. The standard InChI is InChI=1S/C13H11F2NO4/c1-6-10(13(19)20)16(4-5-17)11-8(15)3-2-7(14)9(11)12(6)18/h2-3,17H,4-5H2,1H3,(H,19,20). The van der Waals surface area contributed by atoms with Gasteiger partial charge in [-0.25, -0.2) is 13.6 Å². The normalized spacial score (nSPS) is 11.0. The molecule has 106 valence electrons. The zero-order valence-electron chi connectivity index (χ0n) is 10.5. The summed E-state index contributed by atoms with van der Waals surface area (Å²) in [6.07, 6.45) is 0. The Morgan fingerprint density at radius 1 is 1.30 bits per heavy atom. The minimum absolute atomic E-state index is 0.206. The highest BCUT2D eigenvalue weighted by atomic mass is 19.1. The Bertz CT molecular complexity index is 767. The molecule has 0 saturated heterocycles. The van der Waals surface area contributed by atoms with Gasteiger partial charge < -0.3 is 14.8 Å². The SMILES string of the molecule is Cc1c(C(=O)O)n(CCO)c2c(F)ccc(F)c2c1=O. The number of fused-ring (bicyclic) bond motifs is 1. The Balaban J connectivity index is 3.13. The highest BCUT2D eigenvalue weighted by Gasteiger charge is 2.23. The van der Waals surface area contributed by atoms with Gasteiger partial charge in [0, 0.05) is 12.1 Å². The van der Waals surface area contributed by atoms with Crippen LogP contribution in [0.15, 0.2) is 16.9 Å². The molecule has 2 rings (SSSR count). The molecule has 1 aromatic heterocycles. The summed E-state index contributed by atoms with van der Waals surface area (Å²) in [6, 6.07) is 1.62. The van der Waals surface area contributed by atoms with Crippen LogP contribution in [0.25, 0.3) is 10.9 Å². The molecule has 0 aliphatic carbocycles. The third kappa shape index (κ3) is 1.96. The predicted molar refractivity (Wildman–Crippen MR) is 66.9 cm³/mol. The second-order valence-corrected chi connectivity index (χ2v) is 4.24. The van der Waals surface area contributed by atoms with E-state index in [1.807, 2.05) is 0 Å². The van der Waals surface area contributed by atoms with E-state index in [1.54, 1.807) is 0 Å². The first kappa shape index (κ1) is 14.1. The number of benzene rings is 1. The van der Waals surface area contributed by atoms with Gasteiger partial charge in [-0.1, -0.05) is 0 Å². The van der Waals surface area contributed by atoms with Crippen LogP contribution in [0.1, 0.15) is 16.1 Å². The summed E-state index contributed by atoms with van der Waals surface area (Å²) in [4.78, 5) is 23.3. The quantitative estimate of drug-likeness (QED) is 0.889. The van der Waals surface area contributed by atoms with Crippen LogP contribution in [-0.2, 0) is 6.54 Å². The van der Waals surface area contributed by atoms with E-state index in [-0.39, 0.29) is 12.1 Å². The molecule has 0 radical (unpaired) electrons. The minimum Gasteiger partial charge on any atom is -0.477 e. The molecule has 2 aromatic rings. The van der Waals surface area contributed by atoms with Gasteiger partial charge in [-0.15, -0.1) is 0 Å². The Labute approximate surface area is 111 Å². The fraction of sp³-hybridized carbons (Fsp3) is 0.231. The van der Waals surface area contributed by atoms with Crippen molar-refractivity contribution in [1.82, 2.24) is 4.57 Å². The van der Waals surface area contributed by atoms with Gasteiger partial charge in [-0.2, -0.15) is 0 Å². The van der Waals surface area contributed by atoms with Crippen LogP contribution in [0.5, 0.6) is 0 Å². The van der Waals surface area contributed by atoms with Crippen LogP contribution in [0, 0.1) is 18.6 Å². The number of rotatable bonds is 3. The number of pyridine rings is 1. The first-order chi connectivity index (χ1) is 9.40. The number of nitrogens with zero attached hydrogens (tertiary/aromatic N) is 1. The summed E-state index contributed by atoms with van der Waals surface area (Å²) in [6.45, 7) is 0.483. The number of aromatic carboxylic acids is 1. The van der Waals surface area contributed by atoms with Crippen molar-refractivity contribution in [1.29, 1.82) is 0 Å². The third-order valence-corrected chi connectivity index (χ3v) is 3.07. The van der Waals surface area contributed by atoms with E-state index < -0.39 is 46.2 Å². The summed E-state index contributed by atoms with van der Waals surface area (Å²) in [5.74, 6) is -3.30. The molecule has 0 atom stereocenters. The largest absolute Gasteiger partial charge is 0.477 e. The molecule has 7 heteroatoms. The van der Waals surface area contributed by atoms with Gasteiger partial charge >= 0.3 is 5.97 Å². The highest BCUT2D eigenvalue weighted by Crippen LogP contribution is 2.22. The van der Waals surface area contributed by atoms with Gasteiger partial charge in [0.25, 0.3) is 0 Å². The maximum atomic E-state index is 13.9. The lowest BCUT2D eigenvalue weighted by Crippen LogP contribution is -2.24. The number of aliphatic hydroxyl groups excluding tert-OH is 1. The van der Waals surface area contributed by atoms with E-state index in [0.717, 1.165) is 16.7 Å². The van der Waals surface area contributed by atoms with Crippen molar-refractivity contribution in [2.45, 2.75) is 13.5 Å². The van der Waals surface area contributed by atoms with Crippen LogP contribution in [0.4, 0.5) is 8.78 Å². The molecule has 0 saturated carbocycles. The lowest BCUT2D eigenvalue weighted by molar-refractivity contribution is 0.0682. The van der Waals surface area contributed by atoms with Gasteiger partial charge in [0.15, 0.2) is 5.43 Å². The molecule has 5 nitrogen and oxygen atoms in total. The topological polar surface area (TPSA) is 79.5 Å². The molecule has 0 unspecified atom stereocenters. The maximum Gasteiger partial charge on any atom is 0.352 e. The second-order valence-electron chi connectivity index (χ2n) is 4.24. The Morgan fingerprint density at radius 2 is 1.90 bits per heavy atom. The van der Waals surface area contributed by atoms with Crippen molar-refractivity contribution in [2.24, 2.45) is 0 Å². The van der Waals surface area contributed by atoms with Crippen LogP contribution in [0.3, 0.4) is 0 Å². The maximum absolute atomic E-state index is 13.9. The molecule has 0 aliphatic heterocycles. The molecular weight excluding hydrogens is 272 g/mol. The van der Waals surface area contributed by atoms with E-state index in [2.05, 4.69) is 0 Å². The number of halogens is 2. The predicted octanol–water partition coefficient (Wildman–Crippen LogP) is 1.28. The average Bonchev–Trinajstić information content (AvgIpc) is 2.38. The fourth-order valence-electron chi connectivity index (χ4n) is 2.23. The molecule has 0 fully saturated rings. The first-order valence-electron chi connectivity index (χ1n) is 5.75. The van der Waals surface area contributed by atoms with Gasteiger partial charge in [-0.05, 0) is 19.1 Å². The molecule has 20 heavy (non-hydrogen) atoms. The molecule has 0 aliphatic rings. The van der Waals surface area contributed by atoms with Crippen molar-refractivity contribution < 1.29 is 23.8 Å². The minimum atomic E-state index is -1.45. The number of carbonyl (C=O) groups is 1. The number of hydrogen-bond acceptors (Lipinski definition) is 3. The van der Waals surface area contributed by atoms with Crippen molar-refractivity contribution in [3.63, 3.8) is 0 Å². The fourth-order valence-corrected chi connectivity index (χ4v) is 2.23. The molecular formula is C13H11F2NO4. The molecule has 0 bridgehead atoms. The summed E-state index contributed by atoms with van der Waals surface area (Å²) in [5, 5.41) is 17.6. The van der Waals surface area contributed by atoms with Crippen LogP contribution >= 0.6 is 0 Å². The summed E-state index contributed by atoms with van der Waals surface area (Å²) in [7, 11) is 0. The van der Waals surface area contributed by atoms with E-state index in [0.29, 0.717) is 0 Å². The number of carboxylic acids is 1. The van der Waals surface area contributed by atoms with E-state index >= 15 is 0 Å². The molecule has 2 N–H and O–H groups in total. The zero-order valence-corrected chi connectivity index (χ0v) is 10.5. The Hall–Kier alpha value is -2.28. The van der Waals surface area contributed by atoms with E-state index in [4.69, 9.17) is 10.2 Å². The Kier molecular flexibility index (Phi) is 3.54. The van der Waals surface area contributed by atoms with Crippen molar-refractivity contribution in [2.75, 3.05) is 6.61 Å². The van der Waals surface area contributed by atoms with Crippen LogP contribution in [0.2, 0.25) is 0 Å². The Morgan fingerprint density at radius 3 is 2.45 bits per heavy atom. The number of hydrogen-bond donors (Lipinski definition) is 2. The average molecular weight is 283 g/mol. The number of carboxylic acid groups (broad SMARTS) is 1. The van der Waals surface area contributed by atoms with Crippen LogP contribution < -0.4 is 5.43 Å². The molecule has 0 amide bonds. The molecule has 0 spiro atoms. The molecule has 1 aromatic carbocycles. The summed E-state index contributed by atoms with van der Waals surface area (Å²) in [5.41, 5.74) is -1.99. The van der Waals surface area contributed by atoms with Crippen LogP contribution in [-0.4, -0.2) is 27.4 Å². The van der Waals surface area contributed by atoms with Gasteiger partial charge in [0.2, 0.25) is 0 Å². The van der Waals surface area contributed by atoms with Crippen molar-refractivity contribution >= 4 is 16.9 Å². The van der Waals surface area contributed by atoms with Gasteiger partial charge in [0.1, 0.15) is 17.3 Å². The third-order valence-electron chi connectivity index (χ3n) is 3.07. The first-order valence-corrected chi connectivity index (χ1v) is 5.75. The second kappa shape index (κ2) is 5.01. The van der Waals surface area contributed by atoms with Crippen molar-refractivity contribution in [3.05, 3.63) is 45.2 Å². The number of aliphatic hydroxyl groups is 1. The molecule has 1 heterocycles. The van der Waals surface area contributed by atoms with Gasteiger partial charge in [-0.3, -0.25) is 4.79 Å². The monoisotopic (exact) mass is 283 g/mol. The van der Waals surface area contributed by atoms with E-state index in [1.165, 1.54) is 6.92 Å². The zero-order chi connectivity index (χ0) is 15.0. The summed E-state index contributed by atoms with van der Waals surface area (Å²) < 4.78 is 28.6. The lowest BCUT2D eigenvalue weighted by Gasteiger charge is -2.16. The van der Waals surface area contributed by atoms with Crippen molar-refractivity contribution in [3.8, 4) is 0 Å². The van der Waals surface area contributed by atoms with Gasteiger partial charge in [0.05, 0.1) is 17.5 Å². The summed E-state index contributed by atoms with van der Waals surface area (Å²) >= 11 is 0.